The SMILES string of the molecule is Cc1ccc(N2C(=O)N(C)C(=O)C23CCN(C(=O)C(NC(=O)c2cc(C(F)(F)F)ccc2F)C(C)C)CC3)cc1. The molecule has 2 saturated heterocycles. The highest BCUT2D eigenvalue weighted by Gasteiger charge is 2.58. The van der Waals surface area contributed by atoms with Crippen molar-refractivity contribution in [2.24, 2.45) is 5.92 Å². The number of piperidine rings is 1. The van der Waals surface area contributed by atoms with Gasteiger partial charge >= 0.3 is 12.2 Å². The predicted octanol–water partition coefficient (Wildman–Crippen LogP) is 4.37. The summed E-state index contributed by atoms with van der Waals surface area (Å²) < 4.78 is 53.6. The van der Waals surface area contributed by atoms with Crippen molar-refractivity contribution < 1.29 is 36.7 Å². The number of hydrogen-bond donors (Lipinski definition) is 1. The minimum absolute atomic E-state index is 0.0884. The number of urea groups is 1. The summed E-state index contributed by atoms with van der Waals surface area (Å²) in [6.45, 7) is 5.36. The smallest absolute Gasteiger partial charge is 0.341 e. The zero-order chi connectivity index (χ0) is 29.6. The summed E-state index contributed by atoms with van der Waals surface area (Å²) in [5.74, 6) is -3.67. The molecule has 0 radical (unpaired) electrons. The normalized spacial score (nSPS) is 18.1. The van der Waals surface area contributed by atoms with Crippen molar-refractivity contribution in [3.63, 3.8) is 0 Å². The standard InChI is InChI=1S/C28H30F4N4O4/c1-16(2)22(33-23(37)20-15-18(28(30,31)32)7-10-21(20)29)24(38)35-13-11-27(12-14-35)25(39)34(4)26(40)36(27)19-8-5-17(3)6-9-19/h5-10,15-16,22H,11-14H2,1-4H3,(H,33,37). The van der Waals surface area contributed by atoms with Gasteiger partial charge in [-0.15, -0.1) is 0 Å². The minimum Gasteiger partial charge on any atom is -0.341 e. The Labute approximate surface area is 228 Å². The Morgan fingerprint density at radius 1 is 1.00 bits per heavy atom. The van der Waals surface area contributed by atoms with Crippen LogP contribution in [-0.2, 0) is 15.8 Å². The van der Waals surface area contributed by atoms with Crippen LogP contribution >= 0.6 is 0 Å². The predicted molar refractivity (Wildman–Crippen MR) is 138 cm³/mol. The number of carbonyl (C=O) groups excluding carboxylic acids is 4. The van der Waals surface area contributed by atoms with Gasteiger partial charge in [0.05, 0.1) is 11.1 Å². The van der Waals surface area contributed by atoms with E-state index >= 15 is 0 Å². The molecule has 214 valence electrons. The number of likely N-dealkylation sites (tertiary alicyclic amines) is 1. The van der Waals surface area contributed by atoms with Gasteiger partial charge in [0.2, 0.25) is 5.91 Å². The van der Waals surface area contributed by atoms with E-state index in [4.69, 9.17) is 0 Å². The molecule has 1 atom stereocenters. The largest absolute Gasteiger partial charge is 0.416 e. The summed E-state index contributed by atoms with van der Waals surface area (Å²) in [7, 11) is 1.41. The third-order valence-electron chi connectivity index (χ3n) is 7.56. The van der Waals surface area contributed by atoms with E-state index in [1.165, 1.54) is 16.8 Å². The minimum atomic E-state index is -4.78. The number of imide groups is 1. The second-order valence-electron chi connectivity index (χ2n) is 10.6. The summed E-state index contributed by atoms with van der Waals surface area (Å²) in [5, 5.41) is 2.40. The quantitative estimate of drug-likeness (QED) is 0.433. The van der Waals surface area contributed by atoms with Crippen LogP contribution in [0.1, 0.15) is 48.2 Å². The van der Waals surface area contributed by atoms with Crippen LogP contribution in [0.3, 0.4) is 0 Å². The van der Waals surface area contributed by atoms with E-state index in [1.54, 1.807) is 26.0 Å². The van der Waals surface area contributed by atoms with Gasteiger partial charge in [-0.1, -0.05) is 31.5 Å². The maximum Gasteiger partial charge on any atom is 0.416 e. The maximum absolute atomic E-state index is 14.3. The molecule has 4 rings (SSSR count). The van der Waals surface area contributed by atoms with Crippen LogP contribution in [0.15, 0.2) is 42.5 Å². The fraction of sp³-hybridized carbons (Fsp3) is 0.429. The van der Waals surface area contributed by atoms with Gasteiger partial charge in [-0.05, 0) is 56.0 Å². The van der Waals surface area contributed by atoms with Crippen LogP contribution in [0.2, 0.25) is 0 Å². The number of amides is 5. The molecule has 2 aliphatic rings. The highest BCUT2D eigenvalue weighted by Crippen LogP contribution is 2.40. The molecule has 2 heterocycles. The van der Waals surface area contributed by atoms with Crippen molar-refractivity contribution in [3.05, 3.63) is 65.0 Å². The van der Waals surface area contributed by atoms with Crippen LogP contribution in [0.5, 0.6) is 0 Å². The number of hydrogen-bond acceptors (Lipinski definition) is 4. The molecule has 2 aliphatic heterocycles. The maximum atomic E-state index is 14.3. The Morgan fingerprint density at radius 2 is 1.60 bits per heavy atom. The lowest BCUT2D eigenvalue weighted by Crippen LogP contribution is -2.60. The molecule has 2 aromatic rings. The van der Waals surface area contributed by atoms with E-state index in [1.807, 2.05) is 19.1 Å². The topological polar surface area (TPSA) is 90.0 Å². The van der Waals surface area contributed by atoms with E-state index in [0.29, 0.717) is 23.9 Å². The molecule has 1 unspecified atom stereocenters. The fourth-order valence-electron chi connectivity index (χ4n) is 5.22. The summed E-state index contributed by atoms with van der Waals surface area (Å²) in [6, 6.07) is 7.07. The molecule has 5 amide bonds. The molecule has 1 spiro atoms. The number of aryl methyl sites for hydroxylation is 1. The van der Waals surface area contributed by atoms with Crippen LogP contribution < -0.4 is 10.2 Å². The Kier molecular flexibility index (Phi) is 7.66. The lowest BCUT2D eigenvalue weighted by Gasteiger charge is -2.43. The van der Waals surface area contributed by atoms with Crippen molar-refractivity contribution in [1.82, 2.24) is 15.1 Å². The number of nitrogens with zero attached hydrogens (tertiary/aromatic N) is 3. The van der Waals surface area contributed by atoms with Crippen molar-refractivity contribution in [3.8, 4) is 0 Å². The van der Waals surface area contributed by atoms with Gasteiger partial charge in [0.25, 0.3) is 11.8 Å². The third-order valence-corrected chi connectivity index (χ3v) is 7.56. The van der Waals surface area contributed by atoms with Crippen LogP contribution in [0.25, 0.3) is 0 Å². The lowest BCUT2D eigenvalue weighted by atomic mass is 9.85. The van der Waals surface area contributed by atoms with Gasteiger partial charge in [-0.3, -0.25) is 24.2 Å². The second-order valence-corrected chi connectivity index (χ2v) is 10.6. The number of alkyl halides is 3. The molecular weight excluding hydrogens is 532 g/mol. The van der Waals surface area contributed by atoms with E-state index in [-0.39, 0.29) is 31.8 Å². The zero-order valence-electron chi connectivity index (χ0n) is 22.5. The van der Waals surface area contributed by atoms with Crippen LogP contribution in [0.4, 0.5) is 28.0 Å². The summed E-state index contributed by atoms with van der Waals surface area (Å²) in [6.07, 6.45) is -4.50. The van der Waals surface area contributed by atoms with E-state index < -0.39 is 58.5 Å². The van der Waals surface area contributed by atoms with Gasteiger partial charge in [-0.2, -0.15) is 13.2 Å². The van der Waals surface area contributed by atoms with Gasteiger partial charge in [0, 0.05) is 25.8 Å². The first-order valence-electron chi connectivity index (χ1n) is 12.8. The molecule has 0 aromatic heterocycles. The third kappa shape index (κ3) is 5.14. The highest BCUT2D eigenvalue weighted by atomic mass is 19.4. The van der Waals surface area contributed by atoms with Crippen LogP contribution in [-0.4, -0.2) is 65.3 Å². The number of nitrogens with one attached hydrogen (secondary N) is 1. The molecule has 2 aromatic carbocycles. The first-order chi connectivity index (χ1) is 18.7. The highest BCUT2D eigenvalue weighted by molar-refractivity contribution is 6.16. The van der Waals surface area contributed by atoms with Crippen molar-refractivity contribution in [2.75, 3.05) is 25.0 Å². The zero-order valence-corrected chi connectivity index (χ0v) is 22.5. The van der Waals surface area contributed by atoms with Gasteiger partial charge in [-0.25, -0.2) is 9.18 Å². The van der Waals surface area contributed by atoms with Gasteiger partial charge in [0.1, 0.15) is 17.4 Å². The molecule has 2 fully saturated rings. The van der Waals surface area contributed by atoms with Gasteiger partial charge < -0.3 is 10.2 Å². The van der Waals surface area contributed by atoms with Crippen LogP contribution in [0, 0.1) is 18.7 Å². The van der Waals surface area contributed by atoms with Crippen molar-refractivity contribution in [2.45, 2.75) is 51.4 Å². The molecule has 12 heteroatoms. The number of anilines is 1. The molecular formula is C28H30F4N4O4. The Balaban J connectivity index is 1.53. The Bertz CT molecular complexity index is 1330. The average molecular weight is 563 g/mol. The van der Waals surface area contributed by atoms with E-state index in [0.717, 1.165) is 10.5 Å². The van der Waals surface area contributed by atoms with Gasteiger partial charge in [0.15, 0.2) is 0 Å². The fourth-order valence-corrected chi connectivity index (χ4v) is 5.22. The van der Waals surface area contributed by atoms with Crippen molar-refractivity contribution in [1.29, 1.82) is 0 Å². The molecule has 8 nitrogen and oxygen atoms in total. The summed E-state index contributed by atoms with van der Waals surface area (Å²) >= 11 is 0. The van der Waals surface area contributed by atoms with E-state index in [2.05, 4.69) is 5.32 Å². The molecule has 0 aliphatic carbocycles. The van der Waals surface area contributed by atoms with Crippen molar-refractivity contribution >= 4 is 29.4 Å². The number of carbonyl (C=O) groups is 4. The average Bonchev–Trinajstić information content (AvgIpc) is 3.07. The lowest BCUT2D eigenvalue weighted by molar-refractivity contribution is -0.139. The molecule has 40 heavy (non-hydrogen) atoms. The number of rotatable bonds is 5. The first kappa shape index (κ1) is 29.0. The molecule has 0 bridgehead atoms. The number of halogens is 4. The molecule has 0 saturated carbocycles. The number of likely N-dealkylation sites (N-methyl/N-ethyl adjacent to an activating group) is 1. The molecule has 1 N–H and O–H groups in total. The van der Waals surface area contributed by atoms with E-state index in [9.17, 15) is 36.7 Å². The second kappa shape index (κ2) is 10.5. The Morgan fingerprint density at radius 3 is 2.15 bits per heavy atom. The first-order valence-corrected chi connectivity index (χ1v) is 12.8. The number of benzene rings is 2. The monoisotopic (exact) mass is 562 g/mol. The summed E-state index contributed by atoms with van der Waals surface area (Å²) in [5.41, 5.74) is -1.65. The summed E-state index contributed by atoms with van der Waals surface area (Å²) in [4.78, 5) is 56.6. The Hall–Kier alpha value is -3.96.